The minimum atomic E-state index is 0.209. The maximum Gasteiger partial charge on any atom is 0.131 e. The van der Waals surface area contributed by atoms with Gasteiger partial charge in [-0.15, -0.1) is 0 Å². The molecule has 0 unspecified atom stereocenters. The molecule has 0 saturated heterocycles. The highest BCUT2D eigenvalue weighted by Crippen LogP contribution is 2.18. The average Bonchev–Trinajstić information content (AvgIpc) is 1.78. The quantitative estimate of drug-likeness (QED) is 0.717. The summed E-state index contributed by atoms with van der Waals surface area (Å²) in [6.07, 6.45) is 0.860. The van der Waals surface area contributed by atoms with Crippen molar-refractivity contribution in [3.05, 3.63) is 17.6 Å². The van der Waals surface area contributed by atoms with Crippen LogP contribution in [0.25, 0.3) is 0 Å². The molecule has 0 bridgehead atoms. The zero-order valence-electron chi connectivity index (χ0n) is 8.76. The zero-order chi connectivity index (χ0) is 10.1. The van der Waals surface area contributed by atoms with Gasteiger partial charge in [0.25, 0.3) is 0 Å². The smallest absolute Gasteiger partial charge is 0.131 e. The maximum atomic E-state index is 5.63. The number of aryl methyl sites for hydroxylation is 1. The summed E-state index contributed by atoms with van der Waals surface area (Å²) in [7, 11) is 0. The minimum absolute atomic E-state index is 0.209. The van der Waals surface area contributed by atoms with Crippen LogP contribution in [-0.2, 0) is 6.42 Å². The number of nitrogens with zero attached hydrogens (tertiary/aromatic N) is 2. The van der Waals surface area contributed by atoms with Gasteiger partial charge in [-0.2, -0.15) is 0 Å². The Bertz CT molecular complexity index is 279. The summed E-state index contributed by atoms with van der Waals surface area (Å²) in [5.41, 5.74) is 6.77. The van der Waals surface area contributed by atoms with Crippen molar-refractivity contribution in [2.45, 2.75) is 34.1 Å². The number of rotatable bonds is 1. The Morgan fingerprint density at radius 1 is 1.31 bits per heavy atom. The Kier molecular flexibility index (Phi) is 2.55. The molecular formula is C10H17N3. The van der Waals surface area contributed by atoms with Crippen LogP contribution in [0.3, 0.4) is 0 Å². The molecule has 3 nitrogen and oxygen atoms in total. The minimum Gasteiger partial charge on any atom is -0.384 e. The van der Waals surface area contributed by atoms with Gasteiger partial charge in [0.15, 0.2) is 0 Å². The molecule has 1 rings (SSSR count). The SMILES string of the molecule is Cc1cc(N)nc(CC(C)(C)C)n1. The van der Waals surface area contributed by atoms with Crippen molar-refractivity contribution in [3.63, 3.8) is 0 Å². The molecule has 3 heteroatoms. The highest BCUT2D eigenvalue weighted by Gasteiger charge is 2.13. The summed E-state index contributed by atoms with van der Waals surface area (Å²) in [6.45, 7) is 8.42. The van der Waals surface area contributed by atoms with Crippen molar-refractivity contribution in [2.24, 2.45) is 5.41 Å². The average molecular weight is 179 g/mol. The van der Waals surface area contributed by atoms with Gasteiger partial charge in [0.2, 0.25) is 0 Å². The van der Waals surface area contributed by atoms with Gasteiger partial charge in [-0.05, 0) is 12.3 Å². The highest BCUT2D eigenvalue weighted by atomic mass is 14.9. The summed E-state index contributed by atoms with van der Waals surface area (Å²) >= 11 is 0. The first-order valence-electron chi connectivity index (χ1n) is 4.47. The standard InChI is InChI=1S/C10H17N3/c1-7-5-8(11)13-9(12-7)6-10(2,3)4/h5H,6H2,1-4H3,(H2,11,12,13). The van der Waals surface area contributed by atoms with E-state index in [2.05, 4.69) is 30.7 Å². The van der Waals surface area contributed by atoms with Crippen LogP contribution >= 0.6 is 0 Å². The molecule has 1 heterocycles. The molecule has 0 spiro atoms. The number of nitrogen functional groups attached to an aromatic ring is 1. The van der Waals surface area contributed by atoms with E-state index in [4.69, 9.17) is 5.73 Å². The molecule has 0 aliphatic carbocycles. The fourth-order valence-corrected chi connectivity index (χ4v) is 1.21. The fourth-order valence-electron chi connectivity index (χ4n) is 1.21. The molecule has 0 aliphatic rings. The second-order valence-corrected chi connectivity index (χ2v) is 4.59. The Morgan fingerprint density at radius 2 is 1.92 bits per heavy atom. The zero-order valence-corrected chi connectivity index (χ0v) is 8.76. The van der Waals surface area contributed by atoms with E-state index >= 15 is 0 Å². The van der Waals surface area contributed by atoms with Gasteiger partial charge in [0.1, 0.15) is 11.6 Å². The molecule has 0 radical (unpaired) electrons. The van der Waals surface area contributed by atoms with Crippen LogP contribution in [0.1, 0.15) is 32.3 Å². The lowest BCUT2D eigenvalue weighted by Crippen LogP contribution is -2.13. The second kappa shape index (κ2) is 3.32. The van der Waals surface area contributed by atoms with E-state index in [1.54, 1.807) is 6.07 Å². The lowest BCUT2D eigenvalue weighted by Gasteiger charge is -2.16. The third-order valence-corrected chi connectivity index (χ3v) is 1.61. The van der Waals surface area contributed by atoms with Gasteiger partial charge in [-0.1, -0.05) is 20.8 Å². The number of aromatic nitrogens is 2. The van der Waals surface area contributed by atoms with E-state index in [-0.39, 0.29) is 5.41 Å². The van der Waals surface area contributed by atoms with Crippen LogP contribution in [-0.4, -0.2) is 9.97 Å². The number of nitrogens with two attached hydrogens (primary N) is 1. The molecule has 0 atom stereocenters. The van der Waals surface area contributed by atoms with E-state index in [1.807, 2.05) is 6.92 Å². The normalized spacial score (nSPS) is 11.7. The van der Waals surface area contributed by atoms with Crippen LogP contribution in [0.15, 0.2) is 6.07 Å². The van der Waals surface area contributed by atoms with Gasteiger partial charge in [0, 0.05) is 18.2 Å². The van der Waals surface area contributed by atoms with Crippen LogP contribution < -0.4 is 5.73 Å². The highest BCUT2D eigenvalue weighted by molar-refractivity contribution is 5.29. The molecule has 13 heavy (non-hydrogen) atoms. The van der Waals surface area contributed by atoms with E-state index in [0.29, 0.717) is 5.82 Å². The van der Waals surface area contributed by atoms with Crippen molar-refractivity contribution >= 4 is 5.82 Å². The van der Waals surface area contributed by atoms with Crippen LogP contribution in [0, 0.1) is 12.3 Å². The molecule has 1 aromatic heterocycles. The van der Waals surface area contributed by atoms with Gasteiger partial charge in [0.05, 0.1) is 0 Å². The lowest BCUT2D eigenvalue weighted by atomic mass is 9.92. The number of hydrogen-bond acceptors (Lipinski definition) is 3. The van der Waals surface area contributed by atoms with Crippen molar-refractivity contribution in [1.82, 2.24) is 9.97 Å². The summed E-state index contributed by atoms with van der Waals surface area (Å²) in [5, 5.41) is 0. The number of anilines is 1. The van der Waals surface area contributed by atoms with Crippen LogP contribution in [0.4, 0.5) is 5.82 Å². The van der Waals surface area contributed by atoms with Crippen molar-refractivity contribution in [3.8, 4) is 0 Å². The van der Waals surface area contributed by atoms with E-state index in [1.165, 1.54) is 0 Å². The first kappa shape index (κ1) is 9.96. The van der Waals surface area contributed by atoms with Gasteiger partial charge in [-0.25, -0.2) is 9.97 Å². The van der Waals surface area contributed by atoms with Gasteiger partial charge in [-0.3, -0.25) is 0 Å². The first-order chi connectivity index (χ1) is 5.87. The third kappa shape index (κ3) is 3.40. The summed E-state index contributed by atoms with van der Waals surface area (Å²) in [6, 6.07) is 1.78. The third-order valence-electron chi connectivity index (χ3n) is 1.61. The van der Waals surface area contributed by atoms with Gasteiger partial charge >= 0.3 is 0 Å². The maximum absolute atomic E-state index is 5.63. The number of hydrogen-bond donors (Lipinski definition) is 1. The van der Waals surface area contributed by atoms with Gasteiger partial charge < -0.3 is 5.73 Å². The fraction of sp³-hybridized carbons (Fsp3) is 0.600. The second-order valence-electron chi connectivity index (χ2n) is 4.59. The molecular weight excluding hydrogens is 162 g/mol. The summed E-state index contributed by atoms with van der Waals surface area (Å²) < 4.78 is 0. The summed E-state index contributed by atoms with van der Waals surface area (Å²) in [5.74, 6) is 1.40. The monoisotopic (exact) mass is 179 g/mol. The van der Waals surface area contributed by atoms with Crippen LogP contribution in [0.5, 0.6) is 0 Å². The van der Waals surface area contributed by atoms with E-state index in [0.717, 1.165) is 17.9 Å². The Labute approximate surface area is 79.4 Å². The summed E-state index contributed by atoms with van der Waals surface area (Å²) in [4.78, 5) is 8.51. The molecule has 72 valence electrons. The van der Waals surface area contributed by atoms with Crippen LogP contribution in [0.2, 0.25) is 0 Å². The molecule has 0 aliphatic heterocycles. The molecule has 0 aromatic carbocycles. The van der Waals surface area contributed by atoms with E-state index < -0.39 is 0 Å². The molecule has 1 aromatic rings. The largest absolute Gasteiger partial charge is 0.384 e. The Hall–Kier alpha value is -1.12. The van der Waals surface area contributed by atoms with Crippen molar-refractivity contribution < 1.29 is 0 Å². The molecule has 0 saturated carbocycles. The first-order valence-corrected chi connectivity index (χ1v) is 4.47. The van der Waals surface area contributed by atoms with Crippen molar-refractivity contribution in [1.29, 1.82) is 0 Å². The Balaban J connectivity index is 2.90. The molecule has 2 N–H and O–H groups in total. The van der Waals surface area contributed by atoms with Crippen molar-refractivity contribution in [2.75, 3.05) is 5.73 Å². The predicted octanol–water partition coefficient (Wildman–Crippen LogP) is 1.96. The topological polar surface area (TPSA) is 51.8 Å². The Morgan fingerprint density at radius 3 is 2.38 bits per heavy atom. The lowest BCUT2D eigenvalue weighted by molar-refractivity contribution is 0.400. The molecule has 0 fully saturated rings. The predicted molar refractivity (Wildman–Crippen MR) is 54.3 cm³/mol. The van der Waals surface area contributed by atoms with E-state index in [9.17, 15) is 0 Å². The molecule has 0 amide bonds.